The number of aliphatic imine (C=N–C) groups is 1. The normalized spacial score (nSPS) is 15.9. The molecule has 0 bridgehead atoms. The number of carbonyl (C=O) groups excluding carboxylic acids is 3. The van der Waals surface area contributed by atoms with E-state index in [4.69, 9.17) is 21.1 Å². The number of benzene rings is 3. The highest BCUT2D eigenvalue weighted by molar-refractivity contribution is 8.15. The van der Waals surface area contributed by atoms with Crippen molar-refractivity contribution in [3.05, 3.63) is 88.9 Å². The number of esters is 1. The Morgan fingerprint density at radius 1 is 0.974 bits per heavy atom. The third-order valence-electron chi connectivity index (χ3n) is 5.70. The van der Waals surface area contributed by atoms with Crippen molar-refractivity contribution in [3.8, 4) is 5.75 Å². The highest BCUT2D eigenvalue weighted by atomic mass is 35.5. The maximum Gasteiger partial charge on any atom is 0.338 e. The van der Waals surface area contributed by atoms with Gasteiger partial charge < -0.3 is 14.8 Å². The number of amidine groups is 1. The van der Waals surface area contributed by atoms with E-state index < -0.39 is 11.2 Å². The first kappa shape index (κ1) is 28.2. The first-order valence-electron chi connectivity index (χ1n) is 12.5. The Bertz CT molecular complexity index is 1340. The molecule has 3 aromatic rings. The molecule has 202 valence electrons. The lowest BCUT2D eigenvalue weighted by Crippen LogP contribution is -2.33. The fourth-order valence-corrected chi connectivity index (χ4v) is 5.10. The van der Waals surface area contributed by atoms with Crippen LogP contribution in [0.3, 0.4) is 0 Å². The summed E-state index contributed by atoms with van der Waals surface area (Å²) in [6, 6.07) is 20.9. The molecule has 3 aromatic carbocycles. The van der Waals surface area contributed by atoms with Gasteiger partial charge in [0.05, 0.1) is 31.0 Å². The van der Waals surface area contributed by atoms with Crippen LogP contribution in [0.25, 0.3) is 0 Å². The summed E-state index contributed by atoms with van der Waals surface area (Å²) in [5, 5.41) is 3.27. The van der Waals surface area contributed by atoms with E-state index >= 15 is 0 Å². The fourth-order valence-electron chi connectivity index (χ4n) is 3.82. The van der Waals surface area contributed by atoms with Gasteiger partial charge in [-0.2, -0.15) is 0 Å². The van der Waals surface area contributed by atoms with Crippen molar-refractivity contribution >= 4 is 57.7 Å². The predicted molar refractivity (Wildman–Crippen MR) is 154 cm³/mol. The van der Waals surface area contributed by atoms with Crippen molar-refractivity contribution in [2.75, 3.05) is 18.5 Å². The van der Waals surface area contributed by atoms with Crippen molar-refractivity contribution < 1.29 is 23.9 Å². The quantitative estimate of drug-likeness (QED) is 0.299. The number of anilines is 1. The van der Waals surface area contributed by atoms with Gasteiger partial charge in [0.1, 0.15) is 11.0 Å². The number of rotatable bonds is 10. The highest BCUT2D eigenvalue weighted by Crippen LogP contribution is 2.33. The minimum Gasteiger partial charge on any atom is -0.494 e. The van der Waals surface area contributed by atoms with Gasteiger partial charge in [0, 0.05) is 17.1 Å². The minimum atomic E-state index is -0.641. The number of amides is 2. The van der Waals surface area contributed by atoms with Crippen molar-refractivity contribution in [1.82, 2.24) is 4.90 Å². The Morgan fingerprint density at radius 2 is 1.67 bits per heavy atom. The molecule has 2 amide bonds. The third kappa shape index (κ3) is 7.61. The zero-order valence-electron chi connectivity index (χ0n) is 21.6. The van der Waals surface area contributed by atoms with Gasteiger partial charge in [0.25, 0.3) is 0 Å². The summed E-state index contributed by atoms with van der Waals surface area (Å²) in [4.78, 5) is 44.5. The van der Waals surface area contributed by atoms with Crippen molar-refractivity contribution in [2.45, 2.75) is 32.1 Å². The summed E-state index contributed by atoms with van der Waals surface area (Å²) in [6.45, 7) is 4.77. The lowest BCUT2D eigenvalue weighted by molar-refractivity contribution is -0.128. The van der Waals surface area contributed by atoms with Gasteiger partial charge in [-0.3, -0.25) is 14.5 Å². The zero-order chi connectivity index (χ0) is 27.8. The van der Waals surface area contributed by atoms with Crippen LogP contribution in [0.1, 0.15) is 36.2 Å². The molecule has 10 heteroatoms. The van der Waals surface area contributed by atoms with Crippen LogP contribution in [0, 0.1) is 0 Å². The summed E-state index contributed by atoms with van der Waals surface area (Å²) in [5.74, 6) is -0.189. The van der Waals surface area contributed by atoms with Crippen LogP contribution in [0.15, 0.2) is 77.8 Å². The average molecular weight is 566 g/mol. The summed E-state index contributed by atoms with van der Waals surface area (Å²) in [5.41, 5.74) is 2.47. The molecule has 0 aliphatic carbocycles. The molecule has 1 fully saturated rings. The molecule has 0 saturated carbocycles. The monoisotopic (exact) mass is 565 g/mol. The number of ether oxygens (including phenoxy) is 2. The molecule has 39 heavy (non-hydrogen) atoms. The van der Waals surface area contributed by atoms with Crippen LogP contribution >= 0.6 is 23.4 Å². The topological polar surface area (TPSA) is 97.3 Å². The largest absolute Gasteiger partial charge is 0.494 e. The Balaban J connectivity index is 1.51. The number of nitrogens with zero attached hydrogens (tertiary/aromatic N) is 2. The van der Waals surface area contributed by atoms with E-state index in [1.807, 2.05) is 19.1 Å². The first-order chi connectivity index (χ1) is 18.9. The summed E-state index contributed by atoms with van der Waals surface area (Å²) >= 11 is 7.26. The van der Waals surface area contributed by atoms with E-state index in [1.54, 1.807) is 72.5 Å². The van der Waals surface area contributed by atoms with E-state index in [0.29, 0.717) is 39.5 Å². The van der Waals surface area contributed by atoms with Crippen LogP contribution in [-0.4, -0.2) is 46.3 Å². The van der Waals surface area contributed by atoms with Gasteiger partial charge in [0.2, 0.25) is 11.8 Å². The standard InChI is InChI=1S/C29H28ClN3O5S/c1-3-37-24-15-13-22(14-16-24)31-26(34)17-25-27(35)33(18-19-5-9-21(30)10-6-19)29(39-25)32-23-11-7-20(8-12-23)28(36)38-4-2/h5-16,25H,3-4,17-18H2,1-2H3,(H,31,34)/t25-/m0/s1. The first-order valence-corrected chi connectivity index (χ1v) is 13.7. The van der Waals surface area contributed by atoms with Gasteiger partial charge in [-0.15, -0.1) is 0 Å². The molecule has 1 atom stereocenters. The molecule has 0 aromatic heterocycles. The maximum absolute atomic E-state index is 13.4. The second-order valence-corrected chi connectivity index (χ2v) is 10.1. The molecule has 0 unspecified atom stereocenters. The summed E-state index contributed by atoms with van der Waals surface area (Å²) in [6.07, 6.45) is -0.0192. The number of hydrogen-bond donors (Lipinski definition) is 1. The van der Waals surface area contributed by atoms with Crippen molar-refractivity contribution in [3.63, 3.8) is 0 Å². The molecule has 1 heterocycles. The van der Waals surface area contributed by atoms with Crippen molar-refractivity contribution in [1.29, 1.82) is 0 Å². The average Bonchev–Trinajstić information content (AvgIpc) is 3.20. The Hall–Kier alpha value is -3.82. The smallest absolute Gasteiger partial charge is 0.338 e. The van der Waals surface area contributed by atoms with Crippen LogP contribution < -0.4 is 10.1 Å². The summed E-state index contributed by atoms with van der Waals surface area (Å²) in [7, 11) is 0. The van der Waals surface area contributed by atoms with Crippen molar-refractivity contribution in [2.24, 2.45) is 4.99 Å². The van der Waals surface area contributed by atoms with E-state index in [-0.39, 0.29) is 31.4 Å². The van der Waals surface area contributed by atoms with E-state index in [1.165, 1.54) is 11.8 Å². The molecular formula is C29H28ClN3O5S. The number of nitrogens with one attached hydrogen (secondary N) is 1. The minimum absolute atomic E-state index is 0.0192. The fraction of sp³-hybridized carbons (Fsp3) is 0.241. The van der Waals surface area contributed by atoms with Crippen LogP contribution in [-0.2, 0) is 20.9 Å². The van der Waals surface area contributed by atoms with Gasteiger partial charge in [0.15, 0.2) is 5.17 Å². The number of carbonyl (C=O) groups is 3. The van der Waals surface area contributed by atoms with Crippen LogP contribution in [0.4, 0.5) is 11.4 Å². The second-order valence-electron chi connectivity index (χ2n) is 8.53. The number of halogens is 1. The molecule has 1 aliphatic rings. The molecule has 4 rings (SSSR count). The van der Waals surface area contributed by atoms with Crippen LogP contribution in [0.2, 0.25) is 5.02 Å². The van der Waals surface area contributed by atoms with Gasteiger partial charge in [-0.1, -0.05) is 35.5 Å². The Labute approximate surface area is 236 Å². The Kier molecular flexibility index (Phi) is 9.62. The van der Waals surface area contributed by atoms with E-state index in [9.17, 15) is 14.4 Å². The zero-order valence-corrected chi connectivity index (χ0v) is 23.1. The molecule has 1 N–H and O–H groups in total. The second kappa shape index (κ2) is 13.3. The Morgan fingerprint density at radius 3 is 2.31 bits per heavy atom. The third-order valence-corrected chi connectivity index (χ3v) is 7.12. The SMILES string of the molecule is CCOC(=O)c1ccc(N=C2S[C@@H](CC(=O)Nc3ccc(OCC)cc3)C(=O)N2Cc2ccc(Cl)cc2)cc1. The molecule has 1 aliphatic heterocycles. The van der Waals surface area contributed by atoms with Gasteiger partial charge >= 0.3 is 5.97 Å². The molecular weight excluding hydrogens is 538 g/mol. The lowest BCUT2D eigenvalue weighted by atomic mass is 10.2. The molecule has 0 radical (unpaired) electrons. The van der Waals surface area contributed by atoms with E-state index in [2.05, 4.69) is 10.3 Å². The lowest BCUT2D eigenvalue weighted by Gasteiger charge is -2.17. The summed E-state index contributed by atoms with van der Waals surface area (Å²) < 4.78 is 10.5. The number of thioether (sulfide) groups is 1. The van der Waals surface area contributed by atoms with E-state index in [0.717, 1.165) is 5.56 Å². The maximum atomic E-state index is 13.4. The van der Waals surface area contributed by atoms with Crippen LogP contribution in [0.5, 0.6) is 5.75 Å². The molecule has 8 nitrogen and oxygen atoms in total. The molecule has 1 saturated heterocycles. The molecule has 0 spiro atoms. The van der Waals surface area contributed by atoms with Gasteiger partial charge in [-0.05, 0) is 80.1 Å². The number of hydrogen-bond acceptors (Lipinski definition) is 7. The van der Waals surface area contributed by atoms with Gasteiger partial charge in [-0.25, -0.2) is 9.79 Å². The predicted octanol–water partition coefficient (Wildman–Crippen LogP) is 6.08. The highest BCUT2D eigenvalue weighted by Gasteiger charge is 2.39.